The standard InChI is InChI=1S/C12H15ClFNO2S/c1-8(4-5-16)18-7-12(17)15-9-2-3-11(14)10(13)6-9/h2-3,6,8,16H,4-5,7H2,1H3,(H,15,17). The van der Waals surface area contributed by atoms with E-state index in [-0.39, 0.29) is 28.5 Å². The highest BCUT2D eigenvalue weighted by molar-refractivity contribution is 8.00. The van der Waals surface area contributed by atoms with Gasteiger partial charge in [-0.3, -0.25) is 4.79 Å². The number of aliphatic hydroxyl groups excluding tert-OH is 1. The molecule has 1 aromatic carbocycles. The van der Waals surface area contributed by atoms with Gasteiger partial charge in [-0.05, 0) is 24.6 Å². The van der Waals surface area contributed by atoms with Crippen LogP contribution >= 0.6 is 23.4 Å². The smallest absolute Gasteiger partial charge is 0.234 e. The first kappa shape index (κ1) is 15.3. The van der Waals surface area contributed by atoms with Crippen LogP contribution in [0.5, 0.6) is 0 Å². The van der Waals surface area contributed by atoms with Crippen LogP contribution in [0.25, 0.3) is 0 Å². The zero-order chi connectivity index (χ0) is 13.5. The van der Waals surface area contributed by atoms with Crippen LogP contribution < -0.4 is 5.32 Å². The molecule has 6 heteroatoms. The lowest BCUT2D eigenvalue weighted by Gasteiger charge is -2.10. The summed E-state index contributed by atoms with van der Waals surface area (Å²) < 4.78 is 12.9. The number of rotatable bonds is 6. The van der Waals surface area contributed by atoms with Gasteiger partial charge in [0.1, 0.15) is 5.82 Å². The van der Waals surface area contributed by atoms with Crippen LogP contribution in [0.3, 0.4) is 0 Å². The van der Waals surface area contributed by atoms with E-state index in [0.717, 1.165) is 0 Å². The summed E-state index contributed by atoms with van der Waals surface area (Å²) in [4.78, 5) is 11.6. The number of hydrogen-bond acceptors (Lipinski definition) is 3. The molecule has 0 heterocycles. The SMILES string of the molecule is CC(CCO)SCC(=O)Nc1ccc(F)c(Cl)c1. The molecule has 1 rings (SSSR count). The summed E-state index contributed by atoms with van der Waals surface area (Å²) in [5, 5.41) is 11.6. The molecule has 0 fully saturated rings. The van der Waals surface area contributed by atoms with Crippen molar-refractivity contribution >= 4 is 35.0 Å². The minimum absolute atomic E-state index is 0.0194. The highest BCUT2D eigenvalue weighted by atomic mass is 35.5. The van der Waals surface area contributed by atoms with Crippen molar-refractivity contribution in [2.24, 2.45) is 0 Å². The second kappa shape index (κ2) is 7.61. The molecular weight excluding hydrogens is 277 g/mol. The Hall–Kier alpha value is -0.780. The fraction of sp³-hybridized carbons (Fsp3) is 0.417. The maximum absolute atomic E-state index is 12.9. The van der Waals surface area contributed by atoms with Gasteiger partial charge in [0, 0.05) is 17.5 Å². The average Bonchev–Trinajstić information content (AvgIpc) is 2.32. The van der Waals surface area contributed by atoms with Gasteiger partial charge < -0.3 is 10.4 Å². The number of amides is 1. The Morgan fingerprint density at radius 2 is 2.33 bits per heavy atom. The monoisotopic (exact) mass is 291 g/mol. The van der Waals surface area contributed by atoms with Crippen LogP contribution in [-0.4, -0.2) is 28.6 Å². The highest BCUT2D eigenvalue weighted by Crippen LogP contribution is 2.20. The van der Waals surface area contributed by atoms with Gasteiger partial charge in [0.15, 0.2) is 0 Å². The molecule has 0 spiro atoms. The summed E-state index contributed by atoms with van der Waals surface area (Å²) in [6.07, 6.45) is 0.653. The van der Waals surface area contributed by atoms with Crippen LogP contribution in [0, 0.1) is 5.82 Å². The molecule has 0 aromatic heterocycles. The van der Waals surface area contributed by atoms with Gasteiger partial charge in [-0.25, -0.2) is 4.39 Å². The number of nitrogens with one attached hydrogen (secondary N) is 1. The van der Waals surface area contributed by atoms with E-state index in [4.69, 9.17) is 16.7 Å². The van der Waals surface area contributed by atoms with Crippen molar-refractivity contribution in [2.45, 2.75) is 18.6 Å². The van der Waals surface area contributed by atoms with E-state index >= 15 is 0 Å². The Bertz CT molecular complexity index is 417. The van der Waals surface area contributed by atoms with E-state index in [1.54, 1.807) is 0 Å². The normalized spacial score (nSPS) is 12.2. The molecule has 3 nitrogen and oxygen atoms in total. The predicted molar refractivity (Wildman–Crippen MR) is 73.7 cm³/mol. The van der Waals surface area contributed by atoms with Crippen LogP contribution in [0.1, 0.15) is 13.3 Å². The highest BCUT2D eigenvalue weighted by Gasteiger charge is 2.08. The van der Waals surface area contributed by atoms with Crippen molar-refractivity contribution in [1.82, 2.24) is 0 Å². The average molecular weight is 292 g/mol. The third kappa shape index (κ3) is 5.25. The molecule has 1 unspecified atom stereocenters. The molecule has 18 heavy (non-hydrogen) atoms. The first-order chi connectivity index (χ1) is 8.52. The molecule has 2 N–H and O–H groups in total. The quantitative estimate of drug-likeness (QED) is 0.847. The topological polar surface area (TPSA) is 49.3 Å². The van der Waals surface area contributed by atoms with E-state index in [1.807, 2.05) is 6.92 Å². The number of hydrogen-bond donors (Lipinski definition) is 2. The Labute approximate surface area is 115 Å². The fourth-order valence-corrected chi connectivity index (χ4v) is 2.21. The summed E-state index contributed by atoms with van der Waals surface area (Å²) in [6.45, 7) is 2.06. The van der Waals surface area contributed by atoms with Gasteiger partial charge in [-0.15, -0.1) is 11.8 Å². The molecule has 0 aliphatic heterocycles. The van der Waals surface area contributed by atoms with Crippen molar-refractivity contribution in [1.29, 1.82) is 0 Å². The summed E-state index contributed by atoms with van der Waals surface area (Å²) in [5.41, 5.74) is 0.474. The van der Waals surface area contributed by atoms with E-state index in [0.29, 0.717) is 12.1 Å². The number of aliphatic hydroxyl groups is 1. The molecule has 0 radical (unpaired) electrons. The van der Waals surface area contributed by atoms with Crippen molar-refractivity contribution in [3.63, 3.8) is 0 Å². The zero-order valence-electron chi connectivity index (χ0n) is 9.95. The summed E-state index contributed by atoms with van der Waals surface area (Å²) in [7, 11) is 0. The van der Waals surface area contributed by atoms with Gasteiger partial charge in [0.2, 0.25) is 5.91 Å². The lowest BCUT2D eigenvalue weighted by molar-refractivity contribution is -0.113. The second-order valence-electron chi connectivity index (χ2n) is 3.81. The van der Waals surface area contributed by atoms with Gasteiger partial charge in [0.05, 0.1) is 10.8 Å². The molecule has 0 aliphatic rings. The van der Waals surface area contributed by atoms with Gasteiger partial charge in [0.25, 0.3) is 0 Å². The molecular formula is C12H15ClFNO2S. The molecule has 1 aromatic rings. The van der Waals surface area contributed by atoms with E-state index in [1.165, 1.54) is 30.0 Å². The number of thioether (sulfide) groups is 1. The Balaban J connectivity index is 2.42. The third-order valence-corrected chi connectivity index (χ3v) is 3.76. The van der Waals surface area contributed by atoms with Gasteiger partial charge >= 0.3 is 0 Å². The first-order valence-electron chi connectivity index (χ1n) is 5.50. The van der Waals surface area contributed by atoms with Crippen LogP contribution in [0.15, 0.2) is 18.2 Å². The first-order valence-corrected chi connectivity index (χ1v) is 6.93. The van der Waals surface area contributed by atoms with E-state index < -0.39 is 5.82 Å². The summed E-state index contributed by atoms with van der Waals surface area (Å²) in [6, 6.07) is 4.04. The van der Waals surface area contributed by atoms with Crippen LogP contribution in [0.4, 0.5) is 10.1 Å². The lowest BCUT2D eigenvalue weighted by Crippen LogP contribution is -2.16. The Kier molecular flexibility index (Phi) is 6.46. The third-order valence-electron chi connectivity index (χ3n) is 2.24. The Morgan fingerprint density at radius 1 is 1.61 bits per heavy atom. The summed E-state index contributed by atoms with van der Waals surface area (Å²) >= 11 is 7.06. The van der Waals surface area contributed by atoms with Crippen molar-refractivity contribution in [3.8, 4) is 0 Å². The number of anilines is 1. The van der Waals surface area contributed by atoms with E-state index in [2.05, 4.69) is 5.32 Å². The number of halogens is 2. The molecule has 0 saturated heterocycles. The van der Waals surface area contributed by atoms with Crippen molar-refractivity contribution < 1.29 is 14.3 Å². The number of carbonyl (C=O) groups excluding carboxylic acids is 1. The second-order valence-corrected chi connectivity index (χ2v) is 5.64. The zero-order valence-corrected chi connectivity index (χ0v) is 11.5. The molecule has 0 bridgehead atoms. The van der Waals surface area contributed by atoms with Crippen LogP contribution in [0.2, 0.25) is 5.02 Å². The van der Waals surface area contributed by atoms with Crippen molar-refractivity contribution in [3.05, 3.63) is 29.0 Å². The predicted octanol–water partition coefficient (Wildman–Crippen LogP) is 2.92. The molecule has 0 aliphatic carbocycles. The summed E-state index contributed by atoms with van der Waals surface area (Å²) in [5.74, 6) is -0.399. The Morgan fingerprint density at radius 3 is 2.94 bits per heavy atom. The number of benzene rings is 1. The van der Waals surface area contributed by atoms with Crippen LogP contribution in [-0.2, 0) is 4.79 Å². The maximum atomic E-state index is 12.9. The van der Waals surface area contributed by atoms with E-state index in [9.17, 15) is 9.18 Å². The van der Waals surface area contributed by atoms with Gasteiger partial charge in [-0.1, -0.05) is 18.5 Å². The lowest BCUT2D eigenvalue weighted by atomic mass is 10.3. The molecule has 0 saturated carbocycles. The minimum atomic E-state index is -0.513. The van der Waals surface area contributed by atoms with Gasteiger partial charge in [-0.2, -0.15) is 0 Å². The maximum Gasteiger partial charge on any atom is 0.234 e. The molecule has 1 amide bonds. The largest absolute Gasteiger partial charge is 0.396 e. The minimum Gasteiger partial charge on any atom is -0.396 e. The molecule has 1 atom stereocenters. The fourth-order valence-electron chi connectivity index (χ4n) is 1.25. The van der Waals surface area contributed by atoms with Crippen molar-refractivity contribution in [2.75, 3.05) is 17.7 Å². The number of carbonyl (C=O) groups is 1. The molecule has 100 valence electrons.